The Morgan fingerprint density at radius 3 is 2.79 bits per heavy atom. The summed E-state index contributed by atoms with van der Waals surface area (Å²) in [6.07, 6.45) is 4.48. The van der Waals surface area contributed by atoms with E-state index in [2.05, 4.69) is 47.8 Å². The Bertz CT molecular complexity index is 462. The number of benzene rings is 1. The molecule has 0 aliphatic carbocycles. The number of hydrogen-bond acceptors (Lipinski definition) is 1. The average molecular weight is 454 g/mol. The van der Waals surface area contributed by atoms with Crippen LogP contribution in [0.25, 0.3) is 0 Å². The van der Waals surface area contributed by atoms with Crippen LogP contribution in [0.1, 0.15) is 36.0 Å². The predicted octanol–water partition coefficient (Wildman–Crippen LogP) is 4.99. The van der Waals surface area contributed by atoms with Crippen LogP contribution in [0.5, 0.6) is 0 Å². The monoisotopic (exact) mass is 451 g/mol. The maximum Gasteiger partial charge on any atom is 0.255 e. The van der Waals surface area contributed by atoms with E-state index in [4.69, 9.17) is 0 Å². The summed E-state index contributed by atoms with van der Waals surface area (Å²) in [7, 11) is 0. The zero-order chi connectivity index (χ0) is 13.8. The van der Waals surface area contributed by atoms with E-state index in [-0.39, 0.29) is 5.91 Å². The van der Waals surface area contributed by atoms with Gasteiger partial charge in [-0.3, -0.25) is 4.79 Å². The van der Waals surface area contributed by atoms with E-state index in [1.807, 2.05) is 23.1 Å². The molecular weight excluding hydrogens is 438 g/mol. The van der Waals surface area contributed by atoms with Gasteiger partial charge in [-0.25, -0.2) is 0 Å². The number of carbonyl (C=O) groups is 1. The van der Waals surface area contributed by atoms with Crippen LogP contribution in [-0.2, 0) is 0 Å². The summed E-state index contributed by atoms with van der Waals surface area (Å²) < 4.78 is 1.83. The molecule has 1 fully saturated rings. The standard InChI is InChI=1S/C14H16Br3NO/c15-7-6-11-3-1-2-8-18(11)14(19)12-5-4-10(16)9-13(12)17/h4-5,9,11H,1-3,6-8H2. The third-order valence-electron chi connectivity index (χ3n) is 3.49. The molecule has 5 heteroatoms. The number of amides is 1. The summed E-state index contributed by atoms with van der Waals surface area (Å²) in [5.41, 5.74) is 0.754. The topological polar surface area (TPSA) is 20.3 Å². The Labute approximate surface area is 139 Å². The molecule has 1 aromatic rings. The lowest BCUT2D eigenvalue weighted by Gasteiger charge is -2.36. The predicted molar refractivity (Wildman–Crippen MR) is 88.9 cm³/mol. The van der Waals surface area contributed by atoms with Crippen LogP contribution in [0, 0.1) is 0 Å². The minimum atomic E-state index is 0.144. The van der Waals surface area contributed by atoms with Crippen molar-refractivity contribution in [3.05, 3.63) is 32.7 Å². The number of piperidine rings is 1. The molecule has 0 spiro atoms. The van der Waals surface area contributed by atoms with Gasteiger partial charge in [0.15, 0.2) is 0 Å². The number of likely N-dealkylation sites (tertiary alicyclic amines) is 1. The van der Waals surface area contributed by atoms with Crippen molar-refractivity contribution in [1.82, 2.24) is 4.90 Å². The zero-order valence-electron chi connectivity index (χ0n) is 10.5. The summed E-state index contributed by atoms with van der Waals surface area (Å²) in [5, 5.41) is 0.947. The molecule has 1 atom stereocenters. The highest BCUT2D eigenvalue weighted by Gasteiger charge is 2.27. The smallest absolute Gasteiger partial charge is 0.255 e. The molecule has 0 bridgehead atoms. The maximum atomic E-state index is 12.7. The summed E-state index contributed by atoms with van der Waals surface area (Å²) >= 11 is 10.4. The van der Waals surface area contributed by atoms with Crippen LogP contribution >= 0.6 is 47.8 Å². The first kappa shape index (κ1) is 15.5. The normalized spacial score (nSPS) is 19.5. The molecule has 2 rings (SSSR count). The van der Waals surface area contributed by atoms with Crippen LogP contribution in [0.15, 0.2) is 27.1 Å². The van der Waals surface area contributed by atoms with Gasteiger partial charge >= 0.3 is 0 Å². The van der Waals surface area contributed by atoms with Crippen molar-refractivity contribution in [2.75, 3.05) is 11.9 Å². The molecule has 1 unspecified atom stereocenters. The fourth-order valence-corrected chi connectivity index (χ4v) is 4.26. The third-order valence-corrected chi connectivity index (χ3v) is 5.10. The Kier molecular flexibility index (Phi) is 5.90. The second kappa shape index (κ2) is 7.23. The Morgan fingerprint density at radius 1 is 1.32 bits per heavy atom. The lowest BCUT2D eigenvalue weighted by molar-refractivity contribution is 0.0609. The SMILES string of the molecule is O=C(c1ccc(Br)cc1Br)N1CCCCC1CCBr. The fourth-order valence-electron chi connectivity index (χ4n) is 2.51. The molecule has 1 saturated heterocycles. The van der Waals surface area contributed by atoms with E-state index in [1.54, 1.807) is 0 Å². The molecule has 0 radical (unpaired) electrons. The molecule has 19 heavy (non-hydrogen) atoms. The molecule has 1 aliphatic rings. The fraction of sp³-hybridized carbons (Fsp3) is 0.500. The minimum absolute atomic E-state index is 0.144. The molecule has 1 aromatic carbocycles. The molecule has 0 aromatic heterocycles. The van der Waals surface area contributed by atoms with Crippen molar-refractivity contribution < 1.29 is 4.79 Å². The first-order valence-corrected chi connectivity index (χ1v) is 9.16. The van der Waals surface area contributed by atoms with E-state index in [0.717, 1.165) is 45.6 Å². The highest BCUT2D eigenvalue weighted by atomic mass is 79.9. The van der Waals surface area contributed by atoms with Gasteiger partial charge in [-0.15, -0.1) is 0 Å². The molecular formula is C14H16Br3NO. The molecule has 2 nitrogen and oxygen atoms in total. The Morgan fingerprint density at radius 2 is 2.11 bits per heavy atom. The van der Waals surface area contributed by atoms with Crippen molar-refractivity contribution in [3.8, 4) is 0 Å². The van der Waals surface area contributed by atoms with Crippen molar-refractivity contribution in [2.24, 2.45) is 0 Å². The first-order chi connectivity index (χ1) is 9.13. The number of halogens is 3. The second-order valence-electron chi connectivity index (χ2n) is 4.75. The highest BCUT2D eigenvalue weighted by Crippen LogP contribution is 2.27. The Hall–Kier alpha value is 0.130. The summed E-state index contributed by atoms with van der Waals surface area (Å²) in [6.45, 7) is 0.874. The van der Waals surface area contributed by atoms with Crippen LogP contribution in [0.3, 0.4) is 0 Å². The largest absolute Gasteiger partial charge is 0.336 e. The van der Waals surface area contributed by atoms with Crippen molar-refractivity contribution in [3.63, 3.8) is 0 Å². The Balaban J connectivity index is 2.21. The van der Waals surface area contributed by atoms with Gasteiger partial charge in [0.25, 0.3) is 5.91 Å². The average Bonchev–Trinajstić information content (AvgIpc) is 2.39. The van der Waals surface area contributed by atoms with Gasteiger partial charge in [0.2, 0.25) is 0 Å². The summed E-state index contributed by atoms with van der Waals surface area (Å²) in [6, 6.07) is 6.10. The van der Waals surface area contributed by atoms with Gasteiger partial charge in [0.1, 0.15) is 0 Å². The van der Waals surface area contributed by atoms with Gasteiger partial charge in [-0.1, -0.05) is 31.9 Å². The van der Waals surface area contributed by atoms with Gasteiger partial charge in [-0.2, -0.15) is 0 Å². The molecule has 1 amide bonds. The van der Waals surface area contributed by atoms with Crippen molar-refractivity contribution in [1.29, 1.82) is 0 Å². The van der Waals surface area contributed by atoms with Crippen LogP contribution < -0.4 is 0 Å². The van der Waals surface area contributed by atoms with E-state index in [0.29, 0.717) is 6.04 Å². The molecule has 1 heterocycles. The lowest BCUT2D eigenvalue weighted by Crippen LogP contribution is -2.44. The van der Waals surface area contributed by atoms with Gasteiger partial charge < -0.3 is 4.90 Å². The van der Waals surface area contributed by atoms with Crippen LogP contribution in [0.2, 0.25) is 0 Å². The molecule has 104 valence electrons. The van der Waals surface area contributed by atoms with E-state index < -0.39 is 0 Å². The number of hydrogen-bond donors (Lipinski definition) is 0. The van der Waals surface area contributed by atoms with E-state index in [1.165, 1.54) is 6.42 Å². The number of carbonyl (C=O) groups excluding carboxylic acids is 1. The second-order valence-corrected chi connectivity index (χ2v) is 7.31. The summed E-state index contributed by atoms with van der Waals surface area (Å²) in [4.78, 5) is 14.7. The van der Waals surface area contributed by atoms with Gasteiger partial charge in [0.05, 0.1) is 5.56 Å². The quantitative estimate of drug-likeness (QED) is 0.590. The number of alkyl halides is 1. The third kappa shape index (κ3) is 3.82. The van der Waals surface area contributed by atoms with E-state index >= 15 is 0 Å². The maximum absolute atomic E-state index is 12.7. The molecule has 1 aliphatic heterocycles. The van der Waals surface area contributed by atoms with Crippen molar-refractivity contribution in [2.45, 2.75) is 31.7 Å². The summed E-state index contributed by atoms with van der Waals surface area (Å²) in [5.74, 6) is 0.144. The molecule has 0 N–H and O–H groups in total. The van der Waals surface area contributed by atoms with Gasteiger partial charge in [-0.05, 0) is 59.8 Å². The number of rotatable bonds is 3. The van der Waals surface area contributed by atoms with Gasteiger partial charge in [0, 0.05) is 26.9 Å². The minimum Gasteiger partial charge on any atom is -0.336 e. The highest BCUT2D eigenvalue weighted by molar-refractivity contribution is 9.11. The first-order valence-electron chi connectivity index (χ1n) is 6.45. The lowest BCUT2D eigenvalue weighted by atomic mass is 9.99. The van der Waals surface area contributed by atoms with E-state index in [9.17, 15) is 4.79 Å². The van der Waals surface area contributed by atoms with Crippen LogP contribution in [-0.4, -0.2) is 28.7 Å². The molecule has 0 saturated carbocycles. The zero-order valence-corrected chi connectivity index (χ0v) is 15.3. The number of nitrogens with zero attached hydrogens (tertiary/aromatic N) is 1. The van der Waals surface area contributed by atoms with Crippen LogP contribution in [0.4, 0.5) is 0 Å². The van der Waals surface area contributed by atoms with Crippen molar-refractivity contribution >= 4 is 53.7 Å².